The van der Waals surface area contributed by atoms with Crippen molar-refractivity contribution in [1.29, 1.82) is 0 Å². The first-order valence-corrected chi connectivity index (χ1v) is 7.43. The summed E-state index contributed by atoms with van der Waals surface area (Å²) < 4.78 is 0. The van der Waals surface area contributed by atoms with Crippen molar-refractivity contribution >= 4 is 11.8 Å². The summed E-state index contributed by atoms with van der Waals surface area (Å²) in [5.74, 6) is 0.867. The van der Waals surface area contributed by atoms with Crippen LogP contribution in [0.15, 0.2) is 23.1 Å². The molecule has 0 aliphatic heterocycles. The van der Waals surface area contributed by atoms with E-state index in [9.17, 15) is 5.11 Å². The Morgan fingerprint density at radius 1 is 1.33 bits per heavy atom. The van der Waals surface area contributed by atoms with Crippen molar-refractivity contribution < 1.29 is 5.11 Å². The summed E-state index contributed by atoms with van der Waals surface area (Å²) >= 11 is 1.81. The number of aryl methyl sites for hydroxylation is 2. The Labute approximate surface area is 115 Å². The molecule has 1 aromatic carbocycles. The summed E-state index contributed by atoms with van der Waals surface area (Å²) in [6, 6.07) is 6.88. The van der Waals surface area contributed by atoms with E-state index in [2.05, 4.69) is 58.1 Å². The largest absolute Gasteiger partial charge is 0.394 e. The zero-order valence-corrected chi connectivity index (χ0v) is 12.9. The lowest BCUT2D eigenvalue weighted by molar-refractivity contribution is 0.183. The van der Waals surface area contributed by atoms with Crippen molar-refractivity contribution in [3.05, 3.63) is 29.3 Å². The number of aliphatic hydroxyl groups excluding tert-OH is 1. The van der Waals surface area contributed by atoms with Crippen LogP contribution in [0.4, 0.5) is 0 Å². The number of thioether (sulfide) groups is 1. The molecule has 2 N–H and O–H groups in total. The van der Waals surface area contributed by atoms with Gasteiger partial charge < -0.3 is 10.4 Å². The number of rotatable bonds is 6. The first-order valence-electron chi connectivity index (χ1n) is 6.45. The zero-order valence-electron chi connectivity index (χ0n) is 12.1. The molecule has 0 amide bonds. The van der Waals surface area contributed by atoms with Gasteiger partial charge in [-0.2, -0.15) is 0 Å². The molecule has 18 heavy (non-hydrogen) atoms. The van der Waals surface area contributed by atoms with Crippen LogP contribution in [0.2, 0.25) is 0 Å². The van der Waals surface area contributed by atoms with Crippen LogP contribution in [0.25, 0.3) is 0 Å². The molecule has 0 radical (unpaired) electrons. The Kier molecular flexibility index (Phi) is 5.70. The maximum atomic E-state index is 9.56. The molecule has 0 saturated heterocycles. The molecule has 0 fully saturated rings. The quantitative estimate of drug-likeness (QED) is 0.777. The second-order valence-electron chi connectivity index (χ2n) is 5.58. The van der Waals surface area contributed by atoms with E-state index in [-0.39, 0.29) is 12.1 Å². The predicted molar refractivity (Wildman–Crippen MR) is 80.4 cm³/mol. The fourth-order valence-corrected chi connectivity index (χ4v) is 3.14. The maximum absolute atomic E-state index is 9.56. The van der Waals surface area contributed by atoms with Gasteiger partial charge in [-0.15, -0.1) is 11.8 Å². The average Bonchev–Trinajstić information content (AvgIpc) is 2.29. The van der Waals surface area contributed by atoms with Gasteiger partial charge in [0.2, 0.25) is 0 Å². The van der Waals surface area contributed by atoms with Gasteiger partial charge >= 0.3 is 0 Å². The van der Waals surface area contributed by atoms with Gasteiger partial charge in [-0.05, 0) is 32.4 Å². The number of nitrogens with one attached hydrogen (secondary N) is 1. The Morgan fingerprint density at radius 3 is 2.56 bits per heavy atom. The van der Waals surface area contributed by atoms with Crippen LogP contribution < -0.4 is 5.32 Å². The smallest absolute Gasteiger partial charge is 0.0618 e. The standard InChI is InChI=1S/C15H25NOS/c1-11(2)16-15(5,9-17)10-18-14-8-12(3)6-7-13(14)4/h6-8,11,16-17H,9-10H2,1-5H3. The summed E-state index contributed by atoms with van der Waals surface area (Å²) in [6.07, 6.45) is 0. The Bertz CT molecular complexity index is 392. The highest BCUT2D eigenvalue weighted by atomic mass is 32.2. The molecule has 1 aromatic rings. The van der Waals surface area contributed by atoms with Gasteiger partial charge in [-0.3, -0.25) is 0 Å². The minimum Gasteiger partial charge on any atom is -0.394 e. The molecule has 1 rings (SSSR count). The molecule has 0 saturated carbocycles. The second-order valence-corrected chi connectivity index (χ2v) is 6.59. The highest BCUT2D eigenvalue weighted by molar-refractivity contribution is 7.99. The Hall–Kier alpha value is -0.510. The lowest BCUT2D eigenvalue weighted by atomic mass is 10.1. The lowest BCUT2D eigenvalue weighted by Gasteiger charge is -2.31. The first-order chi connectivity index (χ1) is 8.36. The monoisotopic (exact) mass is 267 g/mol. The van der Waals surface area contributed by atoms with Crippen molar-refractivity contribution in [3.8, 4) is 0 Å². The normalized spacial score (nSPS) is 14.8. The van der Waals surface area contributed by atoms with Crippen LogP contribution in [0.1, 0.15) is 31.9 Å². The molecular weight excluding hydrogens is 242 g/mol. The third-order valence-electron chi connectivity index (χ3n) is 2.88. The van der Waals surface area contributed by atoms with E-state index in [1.165, 1.54) is 16.0 Å². The molecule has 102 valence electrons. The number of aliphatic hydroxyl groups is 1. The highest BCUT2D eigenvalue weighted by Gasteiger charge is 2.24. The molecular formula is C15H25NOS. The van der Waals surface area contributed by atoms with Crippen molar-refractivity contribution in [2.75, 3.05) is 12.4 Å². The van der Waals surface area contributed by atoms with E-state index in [0.29, 0.717) is 6.04 Å². The molecule has 0 heterocycles. The summed E-state index contributed by atoms with van der Waals surface area (Å²) in [5, 5.41) is 13.0. The third kappa shape index (κ3) is 4.63. The number of benzene rings is 1. The molecule has 0 aliphatic rings. The van der Waals surface area contributed by atoms with Gasteiger partial charge in [-0.25, -0.2) is 0 Å². The third-order valence-corrected chi connectivity index (χ3v) is 4.41. The molecule has 1 unspecified atom stereocenters. The lowest BCUT2D eigenvalue weighted by Crippen LogP contribution is -2.51. The van der Waals surface area contributed by atoms with E-state index >= 15 is 0 Å². The van der Waals surface area contributed by atoms with Crippen LogP contribution in [0.3, 0.4) is 0 Å². The zero-order chi connectivity index (χ0) is 13.8. The van der Waals surface area contributed by atoms with Crippen LogP contribution in [0.5, 0.6) is 0 Å². The number of hydrogen-bond donors (Lipinski definition) is 2. The van der Waals surface area contributed by atoms with Crippen LogP contribution in [0, 0.1) is 13.8 Å². The summed E-state index contributed by atoms with van der Waals surface area (Å²) in [6.45, 7) is 10.7. The van der Waals surface area contributed by atoms with Crippen molar-refractivity contribution in [3.63, 3.8) is 0 Å². The Balaban J connectivity index is 2.70. The Morgan fingerprint density at radius 2 is 2.00 bits per heavy atom. The fraction of sp³-hybridized carbons (Fsp3) is 0.600. The van der Waals surface area contributed by atoms with Gasteiger partial charge in [0.1, 0.15) is 0 Å². The van der Waals surface area contributed by atoms with Crippen molar-refractivity contribution in [1.82, 2.24) is 5.32 Å². The van der Waals surface area contributed by atoms with Crippen molar-refractivity contribution in [2.24, 2.45) is 0 Å². The molecule has 3 heteroatoms. The molecule has 0 aliphatic carbocycles. The summed E-state index contributed by atoms with van der Waals surface area (Å²) in [7, 11) is 0. The van der Waals surface area contributed by atoms with Crippen molar-refractivity contribution in [2.45, 2.75) is 51.1 Å². The van der Waals surface area contributed by atoms with Crippen LogP contribution in [-0.4, -0.2) is 29.0 Å². The van der Waals surface area contributed by atoms with E-state index in [0.717, 1.165) is 5.75 Å². The first kappa shape index (κ1) is 15.5. The maximum Gasteiger partial charge on any atom is 0.0618 e. The van der Waals surface area contributed by atoms with E-state index in [1.807, 2.05) is 11.8 Å². The highest BCUT2D eigenvalue weighted by Crippen LogP contribution is 2.26. The fourth-order valence-electron chi connectivity index (χ4n) is 1.93. The number of hydrogen-bond acceptors (Lipinski definition) is 3. The van der Waals surface area contributed by atoms with Gasteiger partial charge in [0.15, 0.2) is 0 Å². The minimum absolute atomic E-state index is 0.156. The second kappa shape index (κ2) is 6.60. The molecule has 1 atom stereocenters. The SMILES string of the molecule is Cc1ccc(C)c(SCC(C)(CO)NC(C)C)c1. The molecule has 0 bridgehead atoms. The molecule has 0 spiro atoms. The molecule has 0 aromatic heterocycles. The van der Waals surface area contributed by atoms with Gasteiger partial charge in [0.25, 0.3) is 0 Å². The minimum atomic E-state index is -0.227. The van der Waals surface area contributed by atoms with Gasteiger partial charge in [0, 0.05) is 22.2 Å². The topological polar surface area (TPSA) is 32.3 Å². The predicted octanol–water partition coefficient (Wildman–Crippen LogP) is 3.14. The van der Waals surface area contributed by atoms with E-state index in [4.69, 9.17) is 0 Å². The van der Waals surface area contributed by atoms with Crippen LogP contribution >= 0.6 is 11.8 Å². The summed E-state index contributed by atoms with van der Waals surface area (Å²) in [5.41, 5.74) is 2.36. The van der Waals surface area contributed by atoms with Gasteiger partial charge in [-0.1, -0.05) is 31.5 Å². The summed E-state index contributed by atoms with van der Waals surface area (Å²) in [4.78, 5) is 1.31. The van der Waals surface area contributed by atoms with E-state index < -0.39 is 0 Å². The molecule has 2 nitrogen and oxygen atoms in total. The van der Waals surface area contributed by atoms with Crippen LogP contribution in [-0.2, 0) is 0 Å². The van der Waals surface area contributed by atoms with Gasteiger partial charge in [0.05, 0.1) is 6.61 Å². The van der Waals surface area contributed by atoms with E-state index in [1.54, 1.807) is 0 Å². The average molecular weight is 267 g/mol.